The van der Waals surface area contributed by atoms with Gasteiger partial charge >= 0.3 is 18.2 Å². The van der Waals surface area contributed by atoms with Crippen LogP contribution in [0.1, 0.15) is 51.4 Å². The molecule has 0 saturated carbocycles. The van der Waals surface area contributed by atoms with E-state index in [2.05, 4.69) is 13.2 Å². The molecule has 1 aliphatic rings. The van der Waals surface area contributed by atoms with Crippen LogP contribution in [0.3, 0.4) is 0 Å². The van der Waals surface area contributed by atoms with E-state index in [0.717, 1.165) is 63.5 Å². The number of hydrogen-bond acceptors (Lipinski definition) is 8. The molecule has 1 aliphatic heterocycles. The van der Waals surface area contributed by atoms with Crippen molar-refractivity contribution in [2.75, 3.05) is 26.4 Å². The van der Waals surface area contributed by atoms with Gasteiger partial charge in [0.15, 0.2) is 11.5 Å². The highest BCUT2D eigenvalue weighted by atomic mass is 19.3. The van der Waals surface area contributed by atoms with Crippen molar-refractivity contribution in [2.45, 2.75) is 57.7 Å². The predicted molar refractivity (Wildman–Crippen MR) is 174 cm³/mol. The number of hydrogen-bond donors (Lipinski definition) is 0. The van der Waals surface area contributed by atoms with Gasteiger partial charge in [-0.05, 0) is 98.9 Å². The van der Waals surface area contributed by atoms with E-state index >= 15 is 0 Å². The van der Waals surface area contributed by atoms with Crippen LogP contribution in [0, 0.1) is 0 Å². The molecular weight excluding hydrogens is 610 g/mol. The molecule has 10 heteroatoms. The molecule has 0 saturated heterocycles. The Kier molecular flexibility index (Phi) is 13.2. The van der Waals surface area contributed by atoms with Crippen molar-refractivity contribution >= 4 is 11.9 Å². The van der Waals surface area contributed by atoms with Crippen molar-refractivity contribution < 1.29 is 46.8 Å². The normalized spacial score (nSPS) is 12.6. The lowest BCUT2D eigenvalue weighted by molar-refractivity contribution is -0.286. The fraction of sp³-hybridized carbons (Fsp3) is 0.351. The van der Waals surface area contributed by atoms with Gasteiger partial charge < -0.3 is 28.4 Å². The van der Waals surface area contributed by atoms with Crippen molar-refractivity contribution in [3.63, 3.8) is 0 Å². The zero-order valence-electron chi connectivity index (χ0n) is 26.3. The highest BCUT2D eigenvalue weighted by Gasteiger charge is 2.46. The van der Waals surface area contributed by atoms with Crippen LogP contribution in [0.25, 0.3) is 22.3 Å². The Bertz CT molecular complexity index is 1370. The number of alkyl halides is 2. The first kappa shape index (κ1) is 35.0. The largest absolute Gasteiger partial charge is 0.586 e. The number of halogens is 2. The number of benzene rings is 3. The summed E-state index contributed by atoms with van der Waals surface area (Å²) >= 11 is 0. The first-order valence-corrected chi connectivity index (χ1v) is 15.8. The summed E-state index contributed by atoms with van der Waals surface area (Å²) in [6.07, 6.45) is 5.46. The number of carbonyl (C=O) groups is 2. The number of esters is 2. The van der Waals surface area contributed by atoms with Gasteiger partial charge in [0.2, 0.25) is 0 Å². The molecule has 8 nitrogen and oxygen atoms in total. The average Bonchev–Trinajstić information content (AvgIpc) is 3.41. The van der Waals surface area contributed by atoms with Crippen LogP contribution >= 0.6 is 0 Å². The molecule has 250 valence electrons. The molecule has 3 aromatic carbocycles. The molecule has 0 spiro atoms. The Morgan fingerprint density at radius 2 is 0.936 bits per heavy atom. The minimum Gasteiger partial charge on any atom is -0.494 e. The van der Waals surface area contributed by atoms with Gasteiger partial charge in [-0.25, -0.2) is 9.59 Å². The number of rotatable bonds is 20. The Hall–Kier alpha value is -4.86. The lowest BCUT2D eigenvalue weighted by Crippen LogP contribution is -2.26. The molecule has 0 bridgehead atoms. The van der Waals surface area contributed by atoms with Gasteiger partial charge in [0.25, 0.3) is 0 Å². The third-order valence-corrected chi connectivity index (χ3v) is 7.32. The first-order valence-electron chi connectivity index (χ1n) is 15.8. The standard InChI is InChI=1S/C37H40F2O8/c1-3-33(40)44-25-11-7-5-9-23-42-29-17-13-27(14-18-29)31-21-22-32(36-35(31)46-37(38,39)47-36)28-15-19-30(20-16-28)43-24-10-6-8-12-26-45-34(41)4-2/h3-4,13-22H,1-2,5-12,23-26H2. The van der Waals surface area contributed by atoms with Crippen LogP contribution in [0.2, 0.25) is 0 Å². The minimum atomic E-state index is -3.79. The fourth-order valence-corrected chi connectivity index (χ4v) is 4.90. The van der Waals surface area contributed by atoms with Gasteiger partial charge in [0.05, 0.1) is 26.4 Å². The van der Waals surface area contributed by atoms with Crippen LogP contribution in [0.4, 0.5) is 8.78 Å². The van der Waals surface area contributed by atoms with Crippen LogP contribution in [-0.2, 0) is 19.1 Å². The van der Waals surface area contributed by atoms with Crippen molar-refractivity contribution in [1.29, 1.82) is 0 Å². The van der Waals surface area contributed by atoms with E-state index < -0.39 is 18.2 Å². The van der Waals surface area contributed by atoms with Gasteiger partial charge in [-0.15, -0.1) is 8.78 Å². The highest BCUT2D eigenvalue weighted by molar-refractivity contribution is 5.84. The van der Waals surface area contributed by atoms with Gasteiger partial charge in [0, 0.05) is 23.3 Å². The predicted octanol–water partition coefficient (Wildman–Crippen LogP) is 8.68. The molecule has 0 atom stereocenters. The second-order valence-corrected chi connectivity index (χ2v) is 10.8. The zero-order valence-corrected chi connectivity index (χ0v) is 26.3. The quantitative estimate of drug-likeness (QED) is 0.0682. The number of ether oxygens (including phenoxy) is 6. The summed E-state index contributed by atoms with van der Waals surface area (Å²) in [5.74, 6) is 0.450. The maximum Gasteiger partial charge on any atom is 0.586 e. The van der Waals surface area contributed by atoms with Gasteiger partial charge in [-0.1, -0.05) is 37.4 Å². The van der Waals surface area contributed by atoms with Crippen molar-refractivity contribution in [2.24, 2.45) is 0 Å². The summed E-state index contributed by atoms with van der Waals surface area (Å²) in [6.45, 7) is 8.54. The van der Waals surface area contributed by atoms with E-state index in [9.17, 15) is 18.4 Å². The van der Waals surface area contributed by atoms with Gasteiger partial charge in [0.1, 0.15) is 11.5 Å². The monoisotopic (exact) mass is 650 g/mol. The zero-order chi connectivity index (χ0) is 33.5. The molecule has 47 heavy (non-hydrogen) atoms. The summed E-state index contributed by atoms with van der Waals surface area (Å²) in [5, 5.41) is 0. The summed E-state index contributed by atoms with van der Waals surface area (Å²) in [4.78, 5) is 22.1. The van der Waals surface area contributed by atoms with E-state index in [-0.39, 0.29) is 11.5 Å². The van der Waals surface area contributed by atoms with E-state index in [1.807, 2.05) is 0 Å². The van der Waals surface area contributed by atoms with Crippen LogP contribution in [0.15, 0.2) is 86.0 Å². The van der Waals surface area contributed by atoms with Crippen molar-refractivity contribution in [1.82, 2.24) is 0 Å². The topological polar surface area (TPSA) is 89.5 Å². The molecule has 0 aromatic heterocycles. The maximum absolute atomic E-state index is 14.4. The number of unbranched alkanes of at least 4 members (excludes halogenated alkanes) is 6. The Balaban J connectivity index is 1.28. The molecule has 4 rings (SSSR count). The lowest BCUT2D eigenvalue weighted by Gasteiger charge is -2.12. The van der Waals surface area contributed by atoms with Gasteiger partial charge in [-0.2, -0.15) is 0 Å². The van der Waals surface area contributed by atoms with Crippen molar-refractivity contribution in [3.8, 4) is 45.3 Å². The SMILES string of the molecule is C=CC(=O)OCCCCCCOc1ccc(-c2ccc(-c3ccc(OCCCCCCOC(=O)C=C)cc3)c3c2OC(F)(F)O3)cc1. The van der Waals surface area contributed by atoms with Crippen LogP contribution in [-0.4, -0.2) is 44.7 Å². The smallest absolute Gasteiger partial charge is 0.494 e. The molecule has 0 aliphatic carbocycles. The Morgan fingerprint density at radius 1 is 0.574 bits per heavy atom. The summed E-state index contributed by atoms with van der Waals surface area (Å²) in [7, 11) is 0. The Labute approximate surface area is 273 Å². The second-order valence-electron chi connectivity index (χ2n) is 10.8. The first-order chi connectivity index (χ1) is 22.8. The lowest BCUT2D eigenvalue weighted by atomic mass is 9.98. The molecule has 0 unspecified atom stereocenters. The van der Waals surface area contributed by atoms with Crippen LogP contribution in [0.5, 0.6) is 23.0 Å². The molecule has 0 N–H and O–H groups in total. The van der Waals surface area contributed by atoms with E-state index in [1.54, 1.807) is 60.7 Å². The number of carbonyl (C=O) groups excluding carboxylic acids is 2. The maximum atomic E-state index is 14.4. The van der Waals surface area contributed by atoms with Gasteiger partial charge in [-0.3, -0.25) is 0 Å². The molecule has 0 fully saturated rings. The average molecular weight is 651 g/mol. The summed E-state index contributed by atoms with van der Waals surface area (Å²) < 4.78 is 60.3. The van der Waals surface area contributed by atoms with Crippen molar-refractivity contribution in [3.05, 3.63) is 86.0 Å². The fourth-order valence-electron chi connectivity index (χ4n) is 4.90. The third kappa shape index (κ3) is 10.9. The minimum absolute atomic E-state index is 0.0282. The van der Waals surface area contributed by atoms with E-state index in [4.69, 9.17) is 28.4 Å². The third-order valence-electron chi connectivity index (χ3n) is 7.32. The Morgan fingerprint density at radius 3 is 1.30 bits per heavy atom. The molecule has 0 amide bonds. The summed E-state index contributed by atoms with van der Waals surface area (Å²) in [6, 6.07) is 17.8. The molecular formula is C37H40F2O8. The second kappa shape index (κ2) is 17.7. The van der Waals surface area contributed by atoms with Crippen LogP contribution < -0.4 is 18.9 Å². The molecule has 0 radical (unpaired) electrons. The van der Waals surface area contributed by atoms with E-state index in [1.165, 1.54) is 0 Å². The highest BCUT2D eigenvalue weighted by Crippen LogP contribution is 2.52. The molecule has 3 aromatic rings. The molecule has 1 heterocycles. The van der Waals surface area contributed by atoms with E-state index in [0.29, 0.717) is 60.2 Å². The summed E-state index contributed by atoms with van der Waals surface area (Å²) in [5.41, 5.74) is 2.31. The number of fused-ring (bicyclic) bond motifs is 1.